The van der Waals surface area contributed by atoms with Gasteiger partial charge in [-0.2, -0.15) is 0 Å². The number of hydrogen-bond donors (Lipinski definition) is 1. The SMILES string of the molecule is CC[C@@H](NC(=O)COc1ccc(OC)cc1)c1ccc(C)cc1. The van der Waals surface area contributed by atoms with Gasteiger partial charge in [0.15, 0.2) is 6.61 Å². The van der Waals surface area contributed by atoms with Crippen molar-refractivity contribution >= 4 is 5.91 Å². The molecule has 23 heavy (non-hydrogen) atoms. The topological polar surface area (TPSA) is 47.6 Å². The Kier molecular flexibility index (Phi) is 6.03. The summed E-state index contributed by atoms with van der Waals surface area (Å²) < 4.78 is 10.6. The average Bonchev–Trinajstić information content (AvgIpc) is 2.59. The highest BCUT2D eigenvalue weighted by molar-refractivity contribution is 5.78. The molecule has 4 heteroatoms. The van der Waals surface area contributed by atoms with Crippen molar-refractivity contribution in [2.75, 3.05) is 13.7 Å². The Morgan fingerprint density at radius 3 is 2.22 bits per heavy atom. The van der Waals surface area contributed by atoms with Gasteiger partial charge in [-0.15, -0.1) is 0 Å². The Balaban J connectivity index is 1.88. The van der Waals surface area contributed by atoms with Crippen LogP contribution >= 0.6 is 0 Å². The van der Waals surface area contributed by atoms with E-state index in [1.165, 1.54) is 5.56 Å². The first-order valence-corrected chi connectivity index (χ1v) is 7.75. The third-order valence-corrected chi connectivity index (χ3v) is 3.65. The molecule has 0 saturated carbocycles. The van der Waals surface area contributed by atoms with E-state index in [2.05, 4.69) is 24.4 Å². The number of nitrogens with one attached hydrogen (secondary N) is 1. The van der Waals surface area contributed by atoms with Crippen LogP contribution in [0.4, 0.5) is 0 Å². The molecule has 0 spiro atoms. The van der Waals surface area contributed by atoms with Gasteiger partial charge >= 0.3 is 0 Å². The summed E-state index contributed by atoms with van der Waals surface area (Å²) in [5, 5.41) is 3.01. The second-order valence-corrected chi connectivity index (χ2v) is 5.40. The zero-order valence-electron chi connectivity index (χ0n) is 13.8. The molecule has 122 valence electrons. The van der Waals surface area contributed by atoms with Crippen molar-refractivity contribution in [2.45, 2.75) is 26.3 Å². The summed E-state index contributed by atoms with van der Waals surface area (Å²) in [6.45, 7) is 4.09. The van der Waals surface area contributed by atoms with Crippen LogP contribution in [0, 0.1) is 6.92 Å². The molecule has 0 aliphatic rings. The van der Waals surface area contributed by atoms with Crippen LogP contribution in [-0.2, 0) is 4.79 Å². The van der Waals surface area contributed by atoms with Crippen molar-refractivity contribution < 1.29 is 14.3 Å². The Labute approximate surface area is 137 Å². The lowest BCUT2D eigenvalue weighted by Gasteiger charge is -2.18. The molecular formula is C19H23NO3. The monoisotopic (exact) mass is 313 g/mol. The van der Waals surface area contributed by atoms with E-state index < -0.39 is 0 Å². The van der Waals surface area contributed by atoms with Crippen LogP contribution in [0.5, 0.6) is 11.5 Å². The molecule has 0 aromatic heterocycles. The van der Waals surface area contributed by atoms with Crippen LogP contribution in [0.2, 0.25) is 0 Å². The fraction of sp³-hybridized carbons (Fsp3) is 0.316. The molecule has 2 aromatic carbocycles. The maximum Gasteiger partial charge on any atom is 0.258 e. The third-order valence-electron chi connectivity index (χ3n) is 3.65. The molecule has 1 atom stereocenters. The number of methoxy groups -OCH3 is 1. The van der Waals surface area contributed by atoms with Crippen molar-refractivity contribution in [3.63, 3.8) is 0 Å². The van der Waals surface area contributed by atoms with Gasteiger partial charge in [0.2, 0.25) is 0 Å². The second kappa shape index (κ2) is 8.22. The number of carbonyl (C=O) groups excluding carboxylic acids is 1. The maximum absolute atomic E-state index is 12.1. The molecule has 4 nitrogen and oxygen atoms in total. The number of benzene rings is 2. The summed E-state index contributed by atoms with van der Waals surface area (Å²) in [6, 6.07) is 15.4. The van der Waals surface area contributed by atoms with Gasteiger partial charge in [-0.05, 0) is 43.2 Å². The molecule has 0 saturated heterocycles. The van der Waals surface area contributed by atoms with Crippen molar-refractivity contribution in [2.24, 2.45) is 0 Å². The lowest BCUT2D eigenvalue weighted by molar-refractivity contribution is -0.123. The predicted molar refractivity (Wildman–Crippen MR) is 90.8 cm³/mol. The highest BCUT2D eigenvalue weighted by atomic mass is 16.5. The van der Waals surface area contributed by atoms with Gasteiger partial charge in [0.25, 0.3) is 5.91 Å². The fourth-order valence-corrected chi connectivity index (χ4v) is 2.28. The number of rotatable bonds is 7. The van der Waals surface area contributed by atoms with Gasteiger partial charge in [-0.3, -0.25) is 4.79 Å². The van der Waals surface area contributed by atoms with Crippen molar-refractivity contribution in [1.29, 1.82) is 0 Å². The van der Waals surface area contributed by atoms with Crippen molar-refractivity contribution in [3.8, 4) is 11.5 Å². The fourth-order valence-electron chi connectivity index (χ4n) is 2.28. The summed E-state index contributed by atoms with van der Waals surface area (Å²) in [5.74, 6) is 1.27. The molecule has 1 N–H and O–H groups in total. The molecule has 2 rings (SSSR count). The molecule has 0 fully saturated rings. The minimum Gasteiger partial charge on any atom is -0.497 e. The molecule has 0 aliphatic carbocycles. The largest absolute Gasteiger partial charge is 0.497 e. The zero-order valence-corrected chi connectivity index (χ0v) is 13.8. The average molecular weight is 313 g/mol. The van der Waals surface area contributed by atoms with E-state index in [0.29, 0.717) is 5.75 Å². The normalized spacial score (nSPS) is 11.6. The van der Waals surface area contributed by atoms with E-state index in [0.717, 1.165) is 17.7 Å². The highest BCUT2D eigenvalue weighted by Crippen LogP contribution is 2.18. The van der Waals surface area contributed by atoms with Gasteiger partial charge in [-0.1, -0.05) is 36.8 Å². The van der Waals surface area contributed by atoms with Gasteiger partial charge in [0.05, 0.1) is 13.2 Å². The van der Waals surface area contributed by atoms with E-state index in [-0.39, 0.29) is 18.6 Å². The first kappa shape index (κ1) is 16.9. The molecule has 0 bridgehead atoms. The number of aryl methyl sites for hydroxylation is 1. The molecule has 1 amide bonds. The quantitative estimate of drug-likeness (QED) is 0.849. The van der Waals surface area contributed by atoms with Gasteiger partial charge in [-0.25, -0.2) is 0 Å². The lowest BCUT2D eigenvalue weighted by Crippen LogP contribution is -2.32. The minimum absolute atomic E-state index is 0.00238. The first-order valence-electron chi connectivity index (χ1n) is 7.75. The Morgan fingerprint density at radius 2 is 1.65 bits per heavy atom. The molecule has 0 radical (unpaired) electrons. The van der Waals surface area contributed by atoms with Crippen LogP contribution in [0.15, 0.2) is 48.5 Å². The van der Waals surface area contributed by atoms with Crippen LogP contribution in [0.25, 0.3) is 0 Å². The number of hydrogen-bond acceptors (Lipinski definition) is 3. The first-order chi connectivity index (χ1) is 11.1. The summed E-state index contributed by atoms with van der Waals surface area (Å²) in [6.07, 6.45) is 0.831. The van der Waals surface area contributed by atoms with Gasteiger partial charge in [0, 0.05) is 0 Å². The summed E-state index contributed by atoms with van der Waals surface area (Å²) in [7, 11) is 1.61. The van der Waals surface area contributed by atoms with Crippen LogP contribution < -0.4 is 14.8 Å². The molecular weight excluding hydrogens is 290 g/mol. The summed E-state index contributed by atoms with van der Waals surface area (Å²) in [5.41, 5.74) is 2.31. The number of amides is 1. The number of ether oxygens (including phenoxy) is 2. The minimum atomic E-state index is -0.131. The summed E-state index contributed by atoms with van der Waals surface area (Å²) in [4.78, 5) is 12.1. The van der Waals surface area contributed by atoms with Crippen molar-refractivity contribution in [3.05, 3.63) is 59.7 Å². The lowest BCUT2D eigenvalue weighted by atomic mass is 10.0. The van der Waals surface area contributed by atoms with E-state index in [1.54, 1.807) is 31.4 Å². The predicted octanol–water partition coefficient (Wildman–Crippen LogP) is 3.65. The number of carbonyl (C=O) groups is 1. The van der Waals surface area contributed by atoms with Crippen LogP contribution in [0.1, 0.15) is 30.5 Å². The Bertz CT molecular complexity index is 620. The summed E-state index contributed by atoms with van der Waals surface area (Å²) >= 11 is 0. The Hall–Kier alpha value is -2.49. The smallest absolute Gasteiger partial charge is 0.258 e. The van der Waals surface area contributed by atoms with E-state index in [9.17, 15) is 4.79 Å². The molecule has 0 aliphatic heterocycles. The van der Waals surface area contributed by atoms with Gasteiger partial charge < -0.3 is 14.8 Å². The van der Waals surface area contributed by atoms with E-state index in [1.807, 2.05) is 19.1 Å². The maximum atomic E-state index is 12.1. The Morgan fingerprint density at radius 1 is 1.04 bits per heavy atom. The zero-order chi connectivity index (χ0) is 16.7. The van der Waals surface area contributed by atoms with E-state index >= 15 is 0 Å². The molecule has 0 unspecified atom stereocenters. The highest BCUT2D eigenvalue weighted by Gasteiger charge is 2.13. The van der Waals surface area contributed by atoms with Crippen LogP contribution in [0.3, 0.4) is 0 Å². The third kappa shape index (κ3) is 5.02. The van der Waals surface area contributed by atoms with Gasteiger partial charge in [0.1, 0.15) is 11.5 Å². The van der Waals surface area contributed by atoms with E-state index in [4.69, 9.17) is 9.47 Å². The second-order valence-electron chi connectivity index (χ2n) is 5.40. The van der Waals surface area contributed by atoms with Crippen LogP contribution in [-0.4, -0.2) is 19.6 Å². The molecule has 2 aromatic rings. The molecule has 0 heterocycles. The standard InChI is InChI=1S/C19H23NO3/c1-4-18(15-7-5-14(2)6-8-15)20-19(21)13-23-17-11-9-16(22-3)10-12-17/h5-12,18H,4,13H2,1-3H3,(H,20,21)/t18-/m1/s1. The van der Waals surface area contributed by atoms with Crippen molar-refractivity contribution in [1.82, 2.24) is 5.32 Å².